The Hall–Kier alpha value is -0.380. The van der Waals surface area contributed by atoms with Gasteiger partial charge >= 0.3 is 0 Å². The van der Waals surface area contributed by atoms with Crippen LogP contribution in [0.4, 0.5) is 0 Å². The first-order chi connectivity index (χ1) is 7.61. The zero-order valence-corrected chi connectivity index (χ0v) is 11.7. The highest BCUT2D eigenvalue weighted by Crippen LogP contribution is 2.25. The summed E-state index contributed by atoms with van der Waals surface area (Å²) >= 11 is 1.85. The summed E-state index contributed by atoms with van der Waals surface area (Å²) in [5, 5.41) is 5.82. The molecule has 0 saturated heterocycles. The molecule has 3 heteroatoms. The Morgan fingerprint density at radius 3 is 2.62 bits per heavy atom. The van der Waals surface area contributed by atoms with Gasteiger partial charge in [-0.2, -0.15) is 0 Å². The Bertz CT molecular complexity index is 267. The molecular weight excluding hydrogens is 216 g/mol. The lowest BCUT2D eigenvalue weighted by atomic mass is 10.0. The van der Waals surface area contributed by atoms with Crippen molar-refractivity contribution in [2.24, 2.45) is 5.92 Å². The zero-order chi connectivity index (χ0) is 12.0. The molecule has 1 rings (SSSR count). The highest BCUT2D eigenvalue weighted by atomic mass is 32.1. The van der Waals surface area contributed by atoms with Gasteiger partial charge in [0.25, 0.3) is 0 Å². The monoisotopic (exact) mass is 240 g/mol. The Labute approximate surface area is 104 Å². The van der Waals surface area contributed by atoms with Gasteiger partial charge in [-0.05, 0) is 51.0 Å². The lowest BCUT2D eigenvalue weighted by Gasteiger charge is -2.21. The topological polar surface area (TPSA) is 15.3 Å². The molecule has 92 valence electrons. The maximum Gasteiger partial charge on any atom is 0.0438 e. The minimum absolute atomic E-state index is 0.516. The Morgan fingerprint density at radius 1 is 1.38 bits per heavy atom. The van der Waals surface area contributed by atoms with Gasteiger partial charge in [0.2, 0.25) is 0 Å². The van der Waals surface area contributed by atoms with Gasteiger partial charge in [0.15, 0.2) is 0 Å². The lowest BCUT2D eigenvalue weighted by Crippen LogP contribution is -2.28. The molecule has 0 radical (unpaired) electrons. The highest BCUT2D eigenvalue weighted by molar-refractivity contribution is 7.10. The third-order valence-corrected chi connectivity index (χ3v) is 3.62. The molecular formula is C13H24N2S. The van der Waals surface area contributed by atoms with Gasteiger partial charge in [-0.15, -0.1) is 11.3 Å². The minimum Gasteiger partial charge on any atom is -0.309 e. The molecule has 0 amide bonds. The van der Waals surface area contributed by atoms with Crippen molar-refractivity contribution < 1.29 is 0 Å². The smallest absolute Gasteiger partial charge is 0.0438 e. The van der Waals surface area contributed by atoms with Crippen LogP contribution < -0.4 is 5.32 Å². The molecule has 0 bridgehead atoms. The molecule has 2 nitrogen and oxygen atoms in total. The van der Waals surface area contributed by atoms with Crippen molar-refractivity contribution in [2.45, 2.75) is 26.3 Å². The minimum atomic E-state index is 0.516. The molecule has 1 atom stereocenters. The maximum absolute atomic E-state index is 3.66. The van der Waals surface area contributed by atoms with E-state index < -0.39 is 0 Å². The van der Waals surface area contributed by atoms with E-state index in [-0.39, 0.29) is 0 Å². The van der Waals surface area contributed by atoms with E-state index in [0.29, 0.717) is 12.0 Å². The summed E-state index contributed by atoms with van der Waals surface area (Å²) < 4.78 is 0. The van der Waals surface area contributed by atoms with Gasteiger partial charge in [0.05, 0.1) is 0 Å². The summed E-state index contributed by atoms with van der Waals surface area (Å²) in [5.41, 5.74) is 0. The van der Waals surface area contributed by atoms with E-state index in [0.717, 1.165) is 13.1 Å². The van der Waals surface area contributed by atoms with Crippen LogP contribution in [-0.2, 0) is 0 Å². The Balaban J connectivity index is 2.35. The van der Waals surface area contributed by atoms with Crippen molar-refractivity contribution in [3.63, 3.8) is 0 Å². The number of nitrogens with one attached hydrogen (secondary N) is 1. The number of thiophene rings is 1. The average Bonchev–Trinajstić information content (AvgIpc) is 2.69. The molecule has 0 fully saturated rings. The molecule has 1 aromatic heterocycles. The fraction of sp³-hybridized carbons (Fsp3) is 0.692. The molecule has 1 aromatic rings. The number of nitrogens with zero attached hydrogens (tertiary/aromatic N) is 1. The molecule has 0 aromatic carbocycles. The van der Waals surface area contributed by atoms with E-state index in [1.165, 1.54) is 11.3 Å². The van der Waals surface area contributed by atoms with Gasteiger partial charge in [-0.1, -0.05) is 19.9 Å². The number of rotatable bonds is 7. The largest absolute Gasteiger partial charge is 0.309 e. The van der Waals surface area contributed by atoms with E-state index in [1.807, 2.05) is 11.3 Å². The van der Waals surface area contributed by atoms with E-state index in [2.05, 4.69) is 55.7 Å². The fourth-order valence-corrected chi connectivity index (χ4v) is 2.76. The van der Waals surface area contributed by atoms with Crippen LogP contribution in [0.15, 0.2) is 17.5 Å². The zero-order valence-electron chi connectivity index (χ0n) is 10.9. The maximum atomic E-state index is 3.66. The molecule has 0 spiro atoms. The Kier molecular flexibility index (Phi) is 6.03. The SMILES string of the molecule is CC(C)C(NCCCN(C)C)c1cccs1. The second kappa shape index (κ2) is 7.05. The summed E-state index contributed by atoms with van der Waals surface area (Å²) in [4.78, 5) is 3.69. The normalized spacial score (nSPS) is 13.6. The van der Waals surface area contributed by atoms with E-state index in [9.17, 15) is 0 Å². The van der Waals surface area contributed by atoms with E-state index in [4.69, 9.17) is 0 Å². The molecule has 0 aliphatic carbocycles. The fourth-order valence-electron chi connectivity index (χ4n) is 1.79. The summed E-state index contributed by atoms with van der Waals surface area (Å²) in [6.45, 7) is 6.81. The molecule has 0 aliphatic rings. The van der Waals surface area contributed by atoms with Gasteiger partial charge < -0.3 is 10.2 Å². The third kappa shape index (κ3) is 4.64. The number of hydrogen-bond donors (Lipinski definition) is 1. The summed E-state index contributed by atoms with van der Waals surface area (Å²) in [5.74, 6) is 0.651. The highest BCUT2D eigenvalue weighted by Gasteiger charge is 2.15. The van der Waals surface area contributed by atoms with Crippen molar-refractivity contribution >= 4 is 11.3 Å². The molecule has 16 heavy (non-hydrogen) atoms. The predicted octanol–water partition coefficient (Wildman–Crippen LogP) is 2.99. The summed E-state index contributed by atoms with van der Waals surface area (Å²) in [6, 6.07) is 4.88. The third-order valence-electron chi connectivity index (χ3n) is 2.66. The molecule has 1 heterocycles. The van der Waals surface area contributed by atoms with E-state index >= 15 is 0 Å². The first-order valence-corrected chi connectivity index (χ1v) is 6.90. The van der Waals surface area contributed by atoms with Crippen molar-refractivity contribution in [3.8, 4) is 0 Å². The van der Waals surface area contributed by atoms with Crippen LogP contribution >= 0.6 is 11.3 Å². The van der Waals surface area contributed by atoms with Gasteiger partial charge in [-0.3, -0.25) is 0 Å². The van der Waals surface area contributed by atoms with Gasteiger partial charge in [0.1, 0.15) is 0 Å². The van der Waals surface area contributed by atoms with Crippen LogP contribution in [0.1, 0.15) is 31.2 Å². The second-order valence-electron chi connectivity index (χ2n) is 4.85. The van der Waals surface area contributed by atoms with Crippen LogP contribution in [0, 0.1) is 5.92 Å². The van der Waals surface area contributed by atoms with Gasteiger partial charge in [0, 0.05) is 10.9 Å². The van der Waals surface area contributed by atoms with Crippen LogP contribution in [0.5, 0.6) is 0 Å². The molecule has 0 aliphatic heterocycles. The first-order valence-electron chi connectivity index (χ1n) is 6.02. The van der Waals surface area contributed by atoms with Crippen LogP contribution in [0.3, 0.4) is 0 Å². The molecule has 1 unspecified atom stereocenters. The van der Waals surface area contributed by atoms with Crippen molar-refractivity contribution in [3.05, 3.63) is 22.4 Å². The first kappa shape index (κ1) is 13.7. The number of hydrogen-bond acceptors (Lipinski definition) is 3. The standard InChI is InChI=1S/C13H24N2S/c1-11(2)13(12-7-5-10-16-12)14-8-6-9-15(3)4/h5,7,10-11,13-14H,6,8-9H2,1-4H3. The molecule has 1 N–H and O–H groups in total. The quantitative estimate of drug-likeness (QED) is 0.737. The predicted molar refractivity (Wildman–Crippen MR) is 73.1 cm³/mol. The van der Waals surface area contributed by atoms with Crippen molar-refractivity contribution in [2.75, 3.05) is 27.2 Å². The van der Waals surface area contributed by atoms with Crippen LogP contribution in [0.2, 0.25) is 0 Å². The van der Waals surface area contributed by atoms with E-state index in [1.54, 1.807) is 0 Å². The van der Waals surface area contributed by atoms with Crippen molar-refractivity contribution in [1.29, 1.82) is 0 Å². The molecule has 0 saturated carbocycles. The lowest BCUT2D eigenvalue weighted by molar-refractivity contribution is 0.367. The second-order valence-corrected chi connectivity index (χ2v) is 5.83. The van der Waals surface area contributed by atoms with Crippen LogP contribution in [-0.4, -0.2) is 32.1 Å². The summed E-state index contributed by atoms with van der Waals surface area (Å²) in [6.07, 6.45) is 1.21. The average molecular weight is 240 g/mol. The summed E-state index contributed by atoms with van der Waals surface area (Å²) in [7, 11) is 4.25. The van der Waals surface area contributed by atoms with Crippen molar-refractivity contribution in [1.82, 2.24) is 10.2 Å². The van der Waals surface area contributed by atoms with Gasteiger partial charge in [-0.25, -0.2) is 0 Å². The Morgan fingerprint density at radius 2 is 2.12 bits per heavy atom. The van der Waals surface area contributed by atoms with Crippen LogP contribution in [0.25, 0.3) is 0 Å².